The Morgan fingerprint density at radius 1 is 1.27 bits per heavy atom. The fourth-order valence-corrected chi connectivity index (χ4v) is 4.75. The molecule has 0 fully saturated rings. The highest BCUT2D eigenvalue weighted by atomic mass is 35.5. The first-order valence-corrected chi connectivity index (χ1v) is 11.4. The van der Waals surface area contributed by atoms with Gasteiger partial charge in [-0.15, -0.1) is 0 Å². The van der Waals surface area contributed by atoms with Crippen LogP contribution in [0.3, 0.4) is 0 Å². The molecule has 0 saturated heterocycles. The predicted octanol–water partition coefficient (Wildman–Crippen LogP) is 5.75. The topological polar surface area (TPSA) is 54.6 Å². The van der Waals surface area contributed by atoms with Gasteiger partial charge in [0.2, 0.25) is 11.8 Å². The summed E-state index contributed by atoms with van der Waals surface area (Å²) in [6, 6.07) is 5.31. The summed E-state index contributed by atoms with van der Waals surface area (Å²) in [6.45, 7) is 6.51. The van der Waals surface area contributed by atoms with Gasteiger partial charge in [-0.3, -0.25) is 4.57 Å². The van der Waals surface area contributed by atoms with E-state index in [2.05, 4.69) is 20.5 Å². The van der Waals surface area contributed by atoms with E-state index in [0.29, 0.717) is 28.4 Å². The molecule has 4 nitrogen and oxygen atoms in total. The second-order valence-electron chi connectivity index (χ2n) is 6.48. The molecule has 2 N–H and O–H groups in total. The maximum atomic E-state index is 10.6. The van der Waals surface area contributed by atoms with E-state index in [4.69, 9.17) is 16.3 Å². The van der Waals surface area contributed by atoms with Gasteiger partial charge in [-0.1, -0.05) is 45.5 Å². The first-order valence-electron chi connectivity index (χ1n) is 8.96. The van der Waals surface area contributed by atoms with Crippen LogP contribution in [-0.2, 0) is 6.42 Å². The Kier molecular flexibility index (Phi) is 5.84. The van der Waals surface area contributed by atoms with Gasteiger partial charge in [0.15, 0.2) is 0 Å². The highest BCUT2D eigenvalue weighted by Gasteiger charge is 2.24. The lowest BCUT2D eigenvalue weighted by Crippen LogP contribution is -2.14. The van der Waals surface area contributed by atoms with E-state index in [1.165, 1.54) is 4.57 Å². The lowest BCUT2D eigenvalue weighted by molar-refractivity contribution is 0.278. The van der Waals surface area contributed by atoms with Gasteiger partial charge in [0, 0.05) is 17.2 Å². The molecule has 0 radical (unpaired) electrons. The normalized spacial score (nSPS) is 15.5. The molecule has 3 rings (SSSR count). The van der Waals surface area contributed by atoms with Crippen LogP contribution < -0.4 is 4.74 Å². The Morgan fingerprint density at radius 2 is 2.04 bits per heavy atom. The number of fused-ring (bicyclic) bond motifs is 1. The number of ether oxygens (including phenoxy) is 1. The van der Waals surface area contributed by atoms with E-state index in [1.807, 2.05) is 12.2 Å². The van der Waals surface area contributed by atoms with E-state index >= 15 is 0 Å². The molecule has 1 heterocycles. The first-order chi connectivity index (χ1) is 12.5. The second-order valence-corrected chi connectivity index (χ2v) is 9.61. The highest BCUT2D eigenvalue weighted by Crippen LogP contribution is 2.43. The Bertz CT molecular complexity index is 831. The van der Waals surface area contributed by atoms with Gasteiger partial charge in [0.05, 0.1) is 10.7 Å². The minimum atomic E-state index is -0.248. The summed E-state index contributed by atoms with van der Waals surface area (Å²) in [5.74, 6) is 0.833. The number of hydrogen-bond donors (Lipinski definition) is 2. The van der Waals surface area contributed by atoms with Crippen LogP contribution >= 0.6 is 19.5 Å². The number of aromatic hydroxyl groups is 2. The Morgan fingerprint density at radius 3 is 2.69 bits per heavy atom. The van der Waals surface area contributed by atoms with Gasteiger partial charge in [0.25, 0.3) is 0 Å². The summed E-state index contributed by atoms with van der Waals surface area (Å²) >= 11 is 6.35. The molecule has 26 heavy (non-hydrogen) atoms. The zero-order valence-electron chi connectivity index (χ0n) is 15.4. The van der Waals surface area contributed by atoms with Gasteiger partial charge in [-0.2, -0.15) is 0 Å². The van der Waals surface area contributed by atoms with Crippen LogP contribution in [0.2, 0.25) is 5.02 Å². The van der Waals surface area contributed by atoms with E-state index in [1.54, 1.807) is 18.2 Å². The fraction of sp³-hybridized carbons (Fsp3) is 0.400. The molecule has 1 aromatic carbocycles. The monoisotopic (exact) mass is 393 g/mol. The summed E-state index contributed by atoms with van der Waals surface area (Å²) in [5.41, 5.74) is 2.09. The molecule has 0 bridgehead atoms. The standard InChI is InChI=1S/C20H25ClNO3P/c1-4-18(26(3)5-2)25-17-12-13(10-11-16(17)21)22-19(23)14-8-6-7-9-15(14)20(22)24/h6,8,10-12,18,23-24H,4-5,7,9H2,1-3H3. The van der Waals surface area contributed by atoms with Crippen molar-refractivity contribution in [2.24, 2.45) is 0 Å². The van der Waals surface area contributed by atoms with Crippen LogP contribution in [0.1, 0.15) is 37.8 Å². The summed E-state index contributed by atoms with van der Waals surface area (Å²) in [6.07, 6.45) is 7.43. The zero-order valence-corrected chi connectivity index (χ0v) is 17.0. The molecule has 2 unspecified atom stereocenters. The predicted molar refractivity (Wildman–Crippen MR) is 110 cm³/mol. The van der Waals surface area contributed by atoms with Crippen LogP contribution in [0.5, 0.6) is 17.5 Å². The number of benzene rings is 1. The number of aromatic nitrogens is 1. The molecular weight excluding hydrogens is 369 g/mol. The SMILES string of the molecule is CCC(Oc1cc(-n2c(O)c3c(c2O)CCC=C3)ccc1Cl)P(C)CC. The van der Waals surface area contributed by atoms with Crippen molar-refractivity contribution in [3.05, 3.63) is 40.4 Å². The summed E-state index contributed by atoms with van der Waals surface area (Å²) in [7, 11) is -0.248. The van der Waals surface area contributed by atoms with E-state index in [0.717, 1.165) is 24.6 Å². The molecule has 2 aromatic rings. The molecule has 0 amide bonds. The lowest BCUT2D eigenvalue weighted by Gasteiger charge is -2.24. The molecule has 0 aliphatic heterocycles. The third-order valence-electron chi connectivity index (χ3n) is 4.88. The molecule has 2 atom stereocenters. The lowest BCUT2D eigenvalue weighted by atomic mass is 10.0. The van der Waals surface area contributed by atoms with Crippen molar-refractivity contribution in [2.75, 3.05) is 12.8 Å². The number of nitrogens with zero attached hydrogens (tertiary/aromatic N) is 1. The molecular formula is C20H25ClNO3P. The van der Waals surface area contributed by atoms with Crippen molar-refractivity contribution in [2.45, 2.75) is 39.0 Å². The second kappa shape index (κ2) is 7.94. The van der Waals surface area contributed by atoms with Crippen molar-refractivity contribution < 1.29 is 14.9 Å². The van der Waals surface area contributed by atoms with Crippen molar-refractivity contribution in [1.82, 2.24) is 4.57 Å². The molecule has 1 aromatic heterocycles. The highest BCUT2D eigenvalue weighted by molar-refractivity contribution is 7.57. The average Bonchev–Trinajstić information content (AvgIpc) is 2.91. The van der Waals surface area contributed by atoms with E-state index in [9.17, 15) is 10.2 Å². The number of allylic oxidation sites excluding steroid dienone is 1. The average molecular weight is 394 g/mol. The summed E-state index contributed by atoms with van der Waals surface area (Å²) in [5, 5.41) is 21.8. The molecule has 0 saturated carbocycles. The molecule has 140 valence electrons. The van der Waals surface area contributed by atoms with E-state index in [-0.39, 0.29) is 25.5 Å². The van der Waals surface area contributed by atoms with Crippen molar-refractivity contribution in [3.63, 3.8) is 0 Å². The van der Waals surface area contributed by atoms with Crippen molar-refractivity contribution in [3.8, 4) is 23.2 Å². The Labute approximate surface area is 160 Å². The largest absolute Gasteiger partial charge is 0.494 e. The van der Waals surface area contributed by atoms with Crippen LogP contribution in [0, 0.1) is 0 Å². The zero-order chi connectivity index (χ0) is 18.8. The van der Waals surface area contributed by atoms with Gasteiger partial charge < -0.3 is 14.9 Å². The minimum Gasteiger partial charge on any atom is -0.494 e. The van der Waals surface area contributed by atoms with Crippen LogP contribution in [0.15, 0.2) is 24.3 Å². The Balaban J connectivity index is 2.01. The maximum absolute atomic E-state index is 10.6. The molecule has 6 heteroatoms. The summed E-state index contributed by atoms with van der Waals surface area (Å²) < 4.78 is 7.65. The molecule has 1 aliphatic rings. The molecule has 0 spiro atoms. The van der Waals surface area contributed by atoms with Gasteiger partial charge >= 0.3 is 0 Å². The third-order valence-corrected chi connectivity index (χ3v) is 7.64. The van der Waals surface area contributed by atoms with Gasteiger partial charge in [-0.25, -0.2) is 0 Å². The van der Waals surface area contributed by atoms with Gasteiger partial charge in [0.1, 0.15) is 11.6 Å². The van der Waals surface area contributed by atoms with Crippen molar-refractivity contribution >= 4 is 25.6 Å². The third kappa shape index (κ3) is 3.45. The van der Waals surface area contributed by atoms with Crippen LogP contribution in [-0.4, -0.2) is 33.5 Å². The number of rotatable bonds is 6. The Hall–Kier alpha value is -1.64. The first kappa shape index (κ1) is 19.1. The van der Waals surface area contributed by atoms with Crippen LogP contribution in [0.4, 0.5) is 0 Å². The van der Waals surface area contributed by atoms with E-state index < -0.39 is 0 Å². The fourth-order valence-electron chi connectivity index (χ4n) is 3.26. The van der Waals surface area contributed by atoms with Crippen LogP contribution in [0.25, 0.3) is 11.8 Å². The number of halogens is 1. The van der Waals surface area contributed by atoms with Crippen molar-refractivity contribution in [1.29, 1.82) is 0 Å². The maximum Gasteiger partial charge on any atom is 0.206 e. The number of hydrogen-bond acceptors (Lipinski definition) is 3. The van der Waals surface area contributed by atoms with Gasteiger partial charge in [-0.05, 0) is 44.2 Å². The quantitative estimate of drug-likeness (QED) is 0.614. The minimum absolute atomic E-state index is 0.0417. The summed E-state index contributed by atoms with van der Waals surface area (Å²) in [4.78, 5) is 0. The molecule has 1 aliphatic carbocycles. The smallest absolute Gasteiger partial charge is 0.206 e.